The van der Waals surface area contributed by atoms with Gasteiger partial charge in [-0.15, -0.1) is 16.9 Å². The van der Waals surface area contributed by atoms with Gasteiger partial charge in [-0.1, -0.05) is 31.2 Å². The third-order valence-electron chi connectivity index (χ3n) is 9.35. The van der Waals surface area contributed by atoms with E-state index >= 15 is 0 Å². The summed E-state index contributed by atoms with van der Waals surface area (Å²) in [6.45, 7) is 8.36. The number of aliphatic hydroxyl groups is 1. The van der Waals surface area contributed by atoms with Gasteiger partial charge in [-0.25, -0.2) is 4.68 Å². The number of carbonyl (C=O) groups excluding carboxylic acids is 3. The van der Waals surface area contributed by atoms with Gasteiger partial charge < -0.3 is 25.4 Å². The predicted molar refractivity (Wildman–Crippen MR) is 168 cm³/mol. The maximum Gasteiger partial charge on any atom is 0.245 e. The number of carbonyl (C=O) groups is 3. The Bertz CT molecular complexity index is 1560. The number of amides is 3. The number of nitrogens with one attached hydrogen (secondary N) is 2. The molecule has 3 N–H and O–H groups in total. The number of thioether (sulfide) groups is 1. The van der Waals surface area contributed by atoms with Crippen molar-refractivity contribution in [3.8, 4) is 5.75 Å². The number of rotatable bonds is 11. The van der Waals surface area contributed by atoms with Crippen LogP contribution in [0.25, 0.3) is 11.0 Å². The summed E-state index contributed by atoms with van der Waals surface area (Å²) in [5.74, 6) is -1.23. The maximum absolute atomic E-state index is 14.5. The topological polar surface area (TPSA) is 139 Å². The van der Waals surface area contributed by atoms with Gasteiger partial charge in [0.2, 0.25) is 17.7 Å². The van der Waals surface area contributed by atoms with Crippen molar-refractivity contribution in [2.75, 3.05) is 18.5 Å². The van der Waals surface area contributed by atoms with Crippen LogP contribution in [0, 0.1) is 17.8 Å². The number of nitrogens with zero attached hydrogens (tertiary/aromatic N) is 4. The van der Waals surface area contributed by atoms with Gasteiger partial charge in [-0.05, 0) is 75.4 Å². The number of aliphatic hydroxyl groups excluding tert-OH is 1. The van der Waals surface area contributed by atoms with E-state index in [2.05, 4.69) is 20.9 Å². The molecule has 1 aromatic heterocycles. The molecular weight excluding hydrogens is 580 g/mol. The lowest BCUT2D eigenvalue weighted by molar-refractivity contribution is -0.143. The van der Waals surface area contributed by atoms with Crippen LogP contribution in [-0.4, -0.2) is 77.5 Å². The minimum absolute atomic E-state index is 0.0795. The molecule has 2 bridgehead atoms. The number of anilines is 1. The van der Waals surface area contributed by atoms with Gasteiger partial charge >= 0.3 is 0 Å². The summed E-state index contributed by atoms with van der Waals surface area (Å²) >= 11 is 1.60. The van der Waals surface area contributed by atoms with Crippen LogP contribution in [-0.2, 0) is 21.1 Å². The molecule has 1 spiro atoms. The zero-order chi connectivity index (χ0) is 31.2. The number of aromatic nitrogens is 3. The van der Waals surface area contributed by atoms with Crippen molar-refractivity contribution in [2.24, 2.45) is 17.8 Å². The average molecular weight is 621 g/mol. The molecule has 6 atom stereocenters. The normalized spacial score (nSPS) is 28.0. The number of ether oxygens (including phenoxy) is 1. The van der Waals surface area contributed by atoms with Crippen LogP contribution >= 0.6 is 11.8 Å². The molecule has 234 valence electrons. The van der Waals surface area contributed by atoms with Crippen molar-refractivity contribution in [3.05, 3.63) is 48.5 Å². The maximum atomic E-state index is 14.5. The largest absolute Gasteiger partial charge is 0.494 e. The molecule has 3 aliphatic rings. The van der Waals surface area contributed by atoms with Crippen molar-refractivity contribution in [3.63, 3.8) is 0 Å². The second-order valence-electron chi connectivity index (χ2n) is 12.7. The molecule has 3 amide bonds. The fourth-order valence-electron chi connectivity index (χ4n) is 7.58. The summed E-state index contributed by atoms with van der Waals surface area (Å²) in [5.41, 5.74) is 2.12. The Hall–Kier alpha value is -3.64. The highest BCUT2D eigenvalue weighted by Crippen LogP contribution is 2.71. The summed E-state index contributed by atoms with van der Waals surface area (Å²) in [6.07, 6.45) is 1.85. The van der Waals surface area contributed by atoms with Gasteiger partial charge in [0, 0.05) is 10.4 Å². The van der Waals surface area contributed by atoms with Gasteiger partial charge in [-0.2, -0.15) is 0 Å². The summed E-state index contributed by atoms with van der Waals surface area (Å²) in [5, 5.41) is 25.0. The Labute approximate surface area is 261 Å². The fourth-order valence-corrected chi connectivity index (χ4v) is 9.93. The highest BCUT2D eigenvalue weighted by molar-refractivity contribution is 8.02. The summed E-state index contributed by atoms with van der Waals surface area (Å²) < 4.78 is 5.83. The lowest BCUT2D eigenvalue weighted by Gasteiger charge is -2.37. The number of likely N-dealkylation sites (tertiary alicyclic amines) is 1. The second kappa shape index (κ2) is 11.7. The number of hydrogen-bond donors (Lipinski definition) is 3. The van der Waals surface area contributed by atoms with Crippen molar-refractivity contribution in [1.29, 1.82) is 0 Å². The summed E-state index contributed by atoms with van der Waals surface area (Å²) in [4.78, 5) is 44.4. The summed E-state index contributed by atoms with van der Waals surface area (Å²) in [7, 11) is 0. The Morgan fingerprint density at radius 2 is 1.89 bits per heavy atom. The number of benzene rings is 2. The van der Waals surface area contributed by atoms with E-state index in [1.165, 1.54) is 0 Å². The molecule has 3 aliphatic heterocycles. The third kappa shape index (κ3) is 5.01. The first kappa shape index (κ1) is 30.4. The van der Waals surface area contributed by atoms with Crippen LogP contribution < -0.4 is 15.4 Å². The molecule has 0 aliphatic carbocycles. The zero-order valence-corrected chi connectivity index (χ0v) is 26.3. The highest BCUT2D eigenvalue weighted by atomic mass is 32.2. The molecule has 3 saturated heterocycles. The van der Waals surface area contributed by atoms with E-state index in [-0.39, 0.29) is 36.9 Å². The zero-order valence-electron chi connectivity index (χ0n) is 25.5. The SMILES string of the molecule is CCOc1ccc(NC(=O)[C@@H]2[C@H]3C(=O)N([C@@H](CO)CC(C)C)C(C(=O)NCn4nnc5ccccc54)C34CC[C@@]2(C)S4)cc1. The molecule has 0 saturated carbocycles. The quantitative estimate of drug-likeness (QED) is 0.297. The summed E-state index contributed by atoms with van der Waals surface area (Å²) in [6, 6.07) is 13.3. The molecule has 12 heteroatoms. The van der Waals surface area contributed by atoms with E-state index in [4.69, 9.17) is 4.74 Å². The van der Waals surface area contributed by atoms with Crippen molar-refractivity contribution >= 4 is 46.2 Å². The molecule has 3 aromatic rings. The van der Waals surface area contributed by atoms with Gasteiger partial charge in [0.1, 0.15) is 24.0 Å². The lowest BCUT2D eigenvalue weighted by atomic mass is 9.66. The molecular formula is C32H40N6O5S. The first-order chi connectivity index (χ1) is 21.1. The Kier molecular flexibility index (Phi) is 8.08. The van der Waals surface area contributed by atoms with E-state index in [1.807, 2.05) is 52.0 Å². The first-order valence-electron chi connectivity index (χ1n) is 15.3. The third-order valence-corrected chi connectivity index (χ3v) is 11.3. The molecule has 3 fully saturated rings. The van der Waals surface area contributed by atoms with E-state index < -0.39 is 33.4 Å². The predicted octanol–water partition coefficient (Wildman–Crippen LogP) is 3.43. The smallest absolute Gasteiger partial charge is 0.245 e. The molecule has 4 heterocycles. The molecule has 2 aromatic carbocycles. The van der Waals surface area contributed by atoms with Crippen LogP contribution in [0.15, 0.2) is 48.5 Å². The van der Waals surface area contributed by atoms with Gasteiger partial charge in [-0.3, -0.25) is 14.4 Å². The number of fused-ring (bicyclic) bond motifs is 2. The van der Waals surface area contributed by atoms with Crippen LogP contribution in [0.1, 0.15) is 47.0 Å². The lowest BCUT2D eigenvalue weighted by Crippen LogP contribution is -2.56. The number of hydrogen-bond acceptors (Lipinski definition) is 8. The van der Waals surface area contributed by atoms with Crippen LogP contribution in [0.2, 0.25) is 0 Å². The minimum atomic E-state index is -0.846. The average Bonchev–Trinajstić information content (AvgIpc) is 3.71. The van der Waals surface area contributed by atoms with Crippen molar-refractivity contribution < 1.29 is 24.2 Å². The van der Waals surface area contributed by atoms with Gasteiger partial charge in [0.15, 0.2) is 0 Å². The second-order valence-corrected chi connectivity index (χ2v) is 14.6. The Balaban J connectivity index is 1.32. The monoisotopic (exact) mass is 620 g/mol. The van der Waals surface area contributed by atoms with E-state index in [1.54, 1.807) is 45.6 Å². The van der Waals surface area contributed by atoms with Crippen molar-refractivity contribution in [1.82, 2.24) is 25.2 Å². The molecule has 11 nitrogen and oxygen atoms in total. The van der Waals surface area contributed by atoms with Crippen LogP contribution in [0.5, 0.6) is 5.75 Å². The Morgan fingerprint density at radius 1 is 1.14 bits per heavy atom. The van der Waals surface area contributed by atoms with E-state index in [9.17, 15) is 19.5 Å². The fraction of sp³-hybridized carbons (Fsp3) is 0.531. The Morgan fingerprint density at radius 3 is 2.59 bits per heavy atom. The van der Waals surface area contributed by atoms with E-state index in [0.717, 1.165) is 11.0 Å². The van der Waals surface area contributed by atoms with E-state index in [0.29, 0.717) is 37.3 Å². The van der Waals surface area contributed by atoms with Gasteiger partial charge in [0.05, 0.1) is 41.4 Å². The molecule has 6 rings (SSSR count). The van der Waals surface area contributed by atoms with Crippen molar-refractivity contribution in [2.45, 2.75) is 75.2 Å². The number of para-hydroxylation sites is 1. The first-order valence-corrected chi connectivity index (χ1v) is 16.2. The van der Waals surface area contributed by atoms with Crippen LogP contribution in [0.4, 0.5) is 5.69 Å². The molecule has 44 heavy (non-hydrogen) atoms. The van der Waals surface area contributed by atoms with Gasteiger partial charge in [0.25, 0.3) is 0 Å². The standard InChI is InChI=1S/C32H40N6O5S/c1-5-43-22-12-10-20(11-13-22)34-28(40)25-26-30(42)38(21(17-39)16-19(2)3)27(32(26)15-14-31(25,4)44-32)29(41)33-18-37-24-9-7-6-8-23(24)35-36-37/h6-13,19,21,25-27,39H,5,14-18H2,1-4H3,(H,33,41)(H,34,40)/t21-,25+,26+,27?,31-,32?/m1/s1. The van der Waals surface area contributed by atoms with Crippen LogP contribution in [0.3, 0.4) is 0 Å². The minimum Gasteiger partial charge on any atom is -0.494 e. The molecule has 0 radical (unpaired) electrons. The molecule has 2 unspecified atom stereocenters. The highest BCUT2D eigenvalue weighted by Gasteiger charge is 2.77.